The third-order valence-electron chi connectivity index (χ3n) is 9.39. The van der Waals surface area contributed by atoms with Crippen molar-refractivity contribution in [3.8, 4) is 0 Å². The number of nitrogens with zero attached hydrogens (tertiary/aromatic N) is 5. The Morgan fingerprint density at radius 3 is 1.20 bits per heavy atom. The Morgan fingerprint density at radius 2 is 0.857 bits per heavy atom. The first-order valence-electron chi connectivity index (χ1n) is 17.2. The predicted molar refractivity (Wildman–Crippen MR) is 218 cm³/mol. The highest BCUT2D eigenvalue weighted by Gasteiger charge is 2.31. The zero-order chi connectivity index (χ0) is 35.2. The van der Waals surface area contributed by atoms with Crippen LogP contribution < -0.4 is 14.7 Å². The lowest BCUT2D eigenvalue weighted by Gasteiger charge is -2.45. The van der Waals surface area contributed by atoms with Crippen LogP contribution in [0.5, 0.6) is 0 Å². The van der Waals surface area contributed by atoms with Gasteiger partial charge in [0, 0.05) is 118 Å². The average Bonchev–Trinajstić information content (AvgIpc) is 3.10. The first kappa shape index (κ1) is 40.5. The summed E-state index contributed by atoms with van der Waals surface area (Å²) in [6.07, 6.45) is 1.21. The highest BCUT2D eigenvalue weighted by molar-refractivity contribution is 6.19. The summed E-state index contributed by atoms with van der Waals surface area (Å²) in [7, 11) is 0. The Labute approximate surface area is 324 Å². The molecular weight excluding hydrogens is 739 g/mol. The normalized spacial score (nSPS) is 14.4. The molecular formula is C38H51Cl6N5. The van der Waals surface area contributed by atoms with Crippen molar-refractivity contribution in [1.82, 2.24) is 9.80 Å². The highest BCUT2D eigenvalue weighted by Crippen LogP contribution is 2.35. The van der Waals surface area contributed by atoms with Crippen LogP contribution in [0.15, 0.2) is 60.7 Å². The van der Waals surface area contributed by atoms with Gasteiger partial charge in [-0.1, -0.05) is 24.3 Å². The second-order valence-corrected chi connectivity index (χ2v) is 14.8. The van der Waals surface area contributed by atoms with Crippen molar-refractivity contribution in [2.24, 2.45) is 0 Å². The third-order valence-corrected chi connectivity index (χ3v) is 10.4. The van der Waals surface area contributed by atoms with E-state index in [1.807, 2.05) is 0 Å². The molecule has 49 heavy (non-hydrogen) atoms. The number of hydrogen-bond acceptors (Lipinski definition) is 5. The van der Waals surface area contributed by atoms with Crippen LogP contribution >= 0.6 is 69.6 Å². The smallest absolute Gasteiger partial charge is 0.0892 e. The van der Waals surface area contributed by atoms with Crippen LogP contribution in [0.2, 0.25) is 0 Å². The summed E-state index contributed by atoms with van der Waals surface area (Å²) in [4.78, 5) is 12.1. The quantitative estimate of drug-likeness (QED) is 0.106. The molecule has 3 aromatic rings. The van der Waals surface area contributed by atoms with E-state index in [9.17, 15) is 0 Å². The van der Waals surface area contributed by atoms with E-state index in [2.05, 4.69) is 99.0 Å². The Morgan fingerprint density at radius 1 is 0.510 bits per heavy atom. The lowest BCUT2D eigenvalue weighted by Crippen LogP contribution is -2.47. The summed E-state index contributed by atoms with van der Waals surface area (Å²) in [5.41, 5.74) is 9.99. The summed E-state index contributed by atoms with van der Waals surface area (Å²) in [5, 5.41) is 0. The van der Waals surface area contributed by atoms with Gasteiger partial charge < -0.3 is 14.7 Å². The molecule has 270 valence electrons. The fourth-order valence-corrected chi connectivity index (χ4v) is 8.05. The molecule has 0 radical (unpaired) electrons. The molecule has 0 bridgehead atoms. The molecule has 1 heterocycles. The van der Waals surface area contributed by atoms with Crippen molar-refractivity contribution in [3.05, 3.63) is 88.5 Å². The Bertz CT molecular complexity index is 1320. The van der Waals surface area contributed by atoms with Gasteiger partial charge in [-0.15, -0.1) is 69.6 Å². The first-order valence-corrected chi connectivity index (χ1v) is 20.5. The Hall–Kier alpha value is -1.28. The molecule has 0 aromatic heterocycles. The minimum atomic E-state index is 0.114. The van der Waals surface area contributed by atoms with Crippen molar-refractivity contribution in [2.45, 2.75) is 39.5 Å². The van der Waals surface area contributed by atoms with Crippen LogP contribution in [0, 0.1) is 13.8 Å². The van der Waals surface area contributed by atoms with E-state index in [-0.39, 0.29) is 6.17 Å². The van der Waals surface area contributed by atoms with Gasteiger partial charge >= 0.3 is 0 Å². The number of halogens is 6. The summed E-state index contributed by atoms with van der Waals surface area (Å²) < 4.78 is 0. The standard InChI is InChI=1S/C38H51Cl6N5/c1-30-26-36(46(22-14-41)23-15-42)10-6-33(30)28-48-18-3-19-49(29-34-7-11-37(27-31(34)2)47(24-16-43)25-17-44)38(48)32-4-8-35(9-5-32)45(20-12-39)21-13-40/h4-11,26-27,38H,3,12-25,28-29H2,1-2H3. The maximum absolute atomic E-state index is 6.14. The molecule has 0 atom stereocenters. The number of anilines is 3. The second-order valence-electron chi connectivity index (χ2n) is 12.6. The number of aryl methyl sites for hydroxylation is 2. The summed E-state index contributed by atoms with van der Waals surface area (Å²) in [6, 6.07) is 22.6. The molecule has 1 aliphatic rings. The van der Waals surface area contributed by atoms with Gasteiger partial charge in [-0.2, -0.15) is 0 Å². The van der Waals surface area contributed by atoms with Gasteiger partial charge in [0.15, 0.2) is 0 Å². The van der Waals surface area contributed by atoms with E-state index in [1.165, 1.54) is 39.2 Å². The fraction of sp³-hybridized carbons (Fsp3) is 0.526. The largest absolute Gasteiger partial charge is 0.369 e. The lowest BCUT2D eigenvalue weighted by molar-refractivity contribution is -0.00927. The topological polar surface area (TPSA) is 16.2 Å². The molecule has 1 saturated heterocycles. The molecule has 0 N–H and O–H groups in total. The number of hydrogen-bond donors (Lipinski definition) is 0. The molecule has 0 spiro atoms. The van der Waals surface area contributed by atoms with Crippen molar-refractivity contribution >= 4 is 86.7 Å². The molecule has 0 unspecified atom stereocenters. The van der Waals surface area contributed by atoms with E-state index in [0.717, 1.165) is 77.6 Å². The van der Waals surface area contributed by atoms with Crippen molar-refractivity contribution < 1.29 is 0 Å². The number of alkyl halides is 6. The van der Waals surface area contributed by atoms with E-state index in [0.29, 0.717) is 35.3 Å². The molecule has 1 aliphatic heterocycles. The van der Waals surface area contributed by atoms with Gasteiger partial charge in [0.1, 0.15) is 0 Å². The van der Waals surface area contributed by atoms with E-state index >= 15 is 0 Å². The summed E-state index contributed by atoms with van der Waals surface area (Å²) in [6.45, 7) is 12.8. The summed E-state index contributed by atoms with van der Waals surface area (Å²) in [5.74, 6) is 3.39. The number of rotatable bonds is 20. The van der Waals surface area contributed by atoms with Crippen LogP contribution in [-0.4, -0.2) is 97.4 Å². The monoisotopic (exact) mass is 787 g/mol. The van der Waals surface area contributed by atoms with Gasteiger partial charge in [0.2, 0.25) is 0 Å². The minimum absolute atomic E-state index is 0.114. The molecule has 3 aromatic carbocycles. The Balaban J connectivity index is 1.65. The fourth-order valence-electron chi connectivity index (χ4n) is 6.83. The SMILES string of the molecule is Cc1cc(N(CCCl)CCCl)ccc1CN1CCCN(Cc2ccc(N(CCCl)CCCl)cc2C)C1c1ccc(N(CCCl)CCCl)cc1. The van der Waals surface area contributed by atoms with Crippen LogP contribution in [0.3, 0.4) is 0 Å². The first-order chi connectivity index (χ1) is 23.9. The maximum Gasteiger partial charge on any atom is 0.0892 e. The van der Waals surface area contributed by atoms with E-state index < -0.39 is 0 Å². The van der Waals surface area contributed by atoms with Gasteiger partial charge in [-0.25, -0.2) is 0 Å². The molecule has 4 rings (SSSR count). The number of benzene rings is 3. The molecule has 0 aliphatic carbocycles. The molecule has 5 nitrogen and oxygen atoms in total. The Kier molecular flexibility index (Phi) is 17.6. The van der Waals surface area contributed by atoms with E-state index in [4.69, 9.17) is 69.6 Å². The van der Waals surface area contributed by atoms with Crippen LogP contribution in [0.25, 0.3) is 0 Å². The minimum Gasteiger partial charge on any atom is -0.369 e. The molecule has 11 heteroatoms. The van der Waals surface area contributed by atoms with Gasteiger partial charge in [0.25, 0.3) is 0 Å². The zero-order valence-corrected chi connectivity index (χ0v) is 33.4. The van der Waals surface area contributed by atoms with Crippen LogP contribution in [-0.2, 0) is 13.1 Å². The van der Waals surface area contributed by atoms with Crippen molar-refractivity contribution in [2.75, 3.05) is 102 Å². The van der Waals surface area contributed by atoms with Crippen LogP contribution in [0.1, 0.15) is 40.4 Å². The van der Waals surface area contributed by atoms with Gasteiger partial charge in [-0.05, 0) is 84.5 Å². The predicted octanol–water partition coefficient (Wildman–Crippen LogP) is 9.56. The summed E-state index contributed by atoms with van der Waals surface area (Å²) >= 11 is 36.8. The second kappa shape index (κ2) is 21.3. The zero-order valence-electron chi connectivity index (χ0n) is 28.9. The van der Waals surface area contributed by atoms with E-state index in [1.54, 1.807) is 0 Å². The average molecular weight is 791 g/mol. The van der Waals surface area contributed by atoms with Gasteiger partial charge in [-0.3, -0.25) is 9.80 Å². The molecule has 0 amide bonds. The molecule has 0 saturated carbocycles. The maximum atomic E-state index is 6.14. The lowest BCUT2D eigenvalue weighted by atomic mass is 10.0. The third kappa shape index (κ3) is 11.4. The van der Waals surface area contributed by atoms with Crippen molar-refractivity contribution in [3.63, 3.8) is 0 Å². The molecule has 1 fully saturated rings. The van der Waals surface area contributed by atoms with Crippen LogP contribution in [0.4, 0.5) is 17.1 Å². The highest BCUT2D eigenvalue weighted by atomic mass is 35.5. The van der Waals surface area contributed by atoms with Crippen molar-refractivity contribution in [1.29, 1.82) is 0 Å². The van der Waals surface area contributed by atoms with Gasteiger partial charge in [0.05, 0.1) is 6.17 Å².